The highest BCUT2D eigenvalue weighted by Crippen LogP contribution is 2.42. The smallest absolute Gasteiger partial charge is 0.321 e. The highest BCUT2D eigenvalue weighted by molar-refractivity contribution is 6.42. The van der Waals surface area contributed by atoms with E-state index in [0.29, 0.717) is 28.1 Å². The van der Waals surface area contributed by atoms with E-state index in [-0.39, 0.29) is 12.5 Å². The van der Waals surface area contributed by atoms with Gasteiger partial charge in [0.05, 0.1) is 33.7 Å². The number of benzene rings is 2. The fraction of sp³-hybridized carbons (Fsp3) is 0.375. The van der Waals surface area contributed by atoms with Crippen LogP contribution in [-0.2, 0) is 14.3 Å². The SMILES string of the molecule is CCCCCN1C(=O)C(C(=O)OCC)C(c2ccc(Cl)c(Cl)c2)n2c1nc1ccccc12. The first kappa shape index (κ1) is 22.6. The van der Waals surface area contributed by atoms with Gasteiger partial charge in [-0.1, -0.05) is 61.2 Å². The molecule has 1 aliphatic heterocycles. The lowest BCUT2D eigenvalue weighted by Crippen LogP contribution is -2.50. The van der Waals surface area contributed by atoms with Gasteiger partial charge in [-0.3, -0.25) is 14.5 Å². The summed E-state index contributed by atoms with van der Waals surface area (Å²) in [6.07, 6.45) is 2.81. The minimum atomic E-state index is -1.06. The summed E-state index contributed by atoms with van der Waals surface area (Å²) in [5.41, 5.74) is 2.29. The Labute approximate surface area is 197 Å². The third kappa shape index (κ3) is 3.97. The molecule has 0 aliphatic carbocycles. The number of fused-ring (bicyclic) bond motifs is 3. The summed E-state index contributed by atoms with van der Waals surface area (Å²) in [5.74, 6) is -1.39. The molecule has 0 saturated carbocycles. The first-order valence-corrected chi connectivity index (χ1v) is 11.6. The molecule has 3 aromatic rings. The molecule has 4 rings (SSSR count). The molecule has 0 spiro atoms. The number of imidazole rings is 1. The second-order valence-electron chi connectivity index (χ2n) is 7.82. The fourth-order valence-corrected chi connectivity index (χ4v) is 4.58. The summed E-state index contributed by atoms with van der Waals surface area (Å²) in [7, 11) is 0. The van der Waals surface area contributed by atoms with Gasteiger partial charge < -0.3 is 9.30 Å². The zero-order valence-electron chi connectivity index (χ0n) is 18.1. The number of para-hydroxylation sites is 2. The summed E-state index contributed by atoms with van der Waals surface area (Å²) < 4.78 is 7.32. The van der Waals surface area contributed by atoms with E-state index in [1.807, 2.05) is 28.8 Å². The lowest BCUT2D eigenvalue weighted by molar-refractivity contribution is -0.153. The van der Waals surface area contributed by atoms with Gasteiger partial charge in [0.25, 0.3) is 0 Å². The second-order valence-corrected chi connectivity index (χ2v) is 8.63. The normalized spacial score (nSPS) is 18.1. The monoisotopic (exact) mass is 473 g/mol. The summed E-state index contributed by atoms with van der Waals surface area (Å²) in [4.78, 5) is 33.3. The van der Waals surface area contributed by atoms with Crippen molar-refractivity contribution >= 4 is 52.1 Å². The lowest BCUT2D eigenvalue weighted by Gasteiger charge is -2.38. The molecule has 1 amide bonds. The third-order valence-corrected chi connectivity index (χ3v) is 6.49. The number of rotatable bonds is 7. The van der Waals surface area contributed by atoms with E-state index in [2.05, 4.69) is 6.92 Å². The van der Waals surface area contributed by atoms with E-state index >= 15 is 0 Å². The zero-order valence-corrected chi connectivity index (χ0v) is 19.6. The standard InChI is InChI=1S/C24H25Cl2N3O3/c1-3-5-8-13-28-22(30)20(23(31)32-4-2)21(15-11-12-16(25)17(26)14-15)29-19-10-7-6-9-18(19)27-24(28)29/h6-7,9-12,14,20-21H,3-5,8,13H2,1-2H3. The van der Waals surface area contributed by atoms with Crippen LogP contribution in [0, 0.1) is 5.92 Å². The Hall–Kier alpha value is -2.57. The molecule has 0 fully saturated rings. The molecular weight excluding hydrogens is 449 g/mol. The number of hydrogen-bond donors (Lipinski definition) is 0. The van der Waals surface area contributed by atoms with E-state index in [1.165, 1.54) is 0 Å². The number of unbranched alkanes of at least 4 members (excludes halogenated alkanes) is 2. The molecule has 0 bridgehead atoms. The van der Waals surface area contributed by atoms with Gasteiger partial charge in [-0.2, -0.15) is 0 Å². The van der Waals surface area contributed by atoms with Crippen LogP contribution in [0.25, 0.3) is 11.0 Å². The van der Waals surface area contributed by atoms with Crippen LogP contribution in [0.1, 0.15) is 44.7 Å². The highest BCUT2D eigenvalue weighted by Gasteiger charge is 2.47. The van der Waals surface area contributed by atoms with Crippen LogP contribution in [-0.4, -0.2) is 34.6 Å². The molecular formula is C24H25Cl2N3O3. The van der Waals surface area contributed by atoms with E-state index in [9.17, 15) is 9.59 Å². The third-order valence-electron chi connectivity index (χ3n) is 5.76. The Bertz CT molecular complexity index is 1160. The fourth-order valence-electron chi connectivity index (χ4n) is 4.28. The molecule has 1 aliphatic rings. The van der Waals surface area contributed by atoms with E-state index in [1.54, 1.807) is 30.0 Å². The Morgan fingerprint density at radius 2 is 1.88 bits per heavy atom. The van der Waals surface area contributed by atoms with Crippen LogP contribution in [0.15, 0.2) is 42.5 Å². The molecule has 0 N–H and O–H groups in total. The number of anilines is 1. The molecule has 6 nitrogen and oxygen atoms in total. The minimum Gasteiger partial charge on any atom is -0.465 e. The van der Waals surface area contributed by atoms with Crippen molar-refractivity contribution in [2.45, 2.75) is 39.2 Å². The van der Waals surface area contributed by atoms with Crippen LogP contribution in [0.2, 0.25) is 10.0 Å². The van der Waals surface area contributed by atoms with Crippen LogP contribution >= 0.6 is 23.2 Å². The number of aromatic nitrogens is 2. The molecule has 32 heavy (non-hydrogen) atoms. The Morgan fingerprint density at radius 3 is 2.59 bits per heavy atom. The number of amides is 1. The number of ether oxygens (including phenoxy) is 1. The number of carbonyl (C=O) groups excluding carboxylic acids is 2. The largest absolute Gasteiger partial charge is 0.465 e. The topological polar surface area (TPSA) is 64.4 Å². The van der Waals surface area contributed by atoms with Crippen molar-refractivity contribution < 1.29 is 14.3 Å². The Morgan fingerprint density at radius 1 is 1.09 bits per heavy atom. The number of hydrogen-bond acceptors (Lipinski definition) is 4. The zero-order chi connectivity index (χ0) is 22.8. The van der Waals surface area contributed by atoms with Crippen molar-refractivity contribution in [3.8, 4) is 0 Å². The van der Waals surface area contributed by atoms with Gasteiger partial charge in [-0.05, 0) is 43.2 Å². The lowest BCUT2D eigenvalue weighted by atomic mass is 9.89. The summed E-state index contributed by atoms with van der Waals surface area (Å²) in [5, 5.41) is 0.762. The van der Waals surface area contributed by atoms with Gasteiger partial charge in [-0.25, -0.2) is 4.98 Å². The van der Waals surface area contributed by atoms with Crippen LogP contribution in [0.4, 0.5) is 5.95 Å². The second kappa shape index (κ2) is 9.51. The number of esters is 1. The average molecular weight is 474 g/mol. The van der Waals surface area contributed by atoms with Gasteiger partial charge >= 0.3 is 5.97 Å². The molecule has 168 valence electrons. The molecule has 2 atom stereocenters. The molecule has 2 unspecified atom stereocenters. The predicted octanol–water partition coefficient (Wildman–Crippen LogP) is 5.65. The molecule has 8 heteroatoms. The summed E-state index contributed by atoms with van der Waals surface area (Å²) in [6.45, 7) is 4.51. The van der Waals surface area contributed by atoms with E-state index in [4.69, 9.17) is 32.9 Å². The molecule has 0 radical (unpaired) electrons. The highest BCUT2D eigenvalue weighted by atomic mass is 35.5. The van der Waals surface area contributed by atoms with Crippen molar-refractivity contribution in [1.82, 2.24) is 9.55 Å². The van der Waals surface area contributed by atoms with Crippen molar-refractivity contribution in [2.24, 2.45) is 5.92 Å². The summed E-state index contributed by atoms with van der Waals surface area (Å²) in [6, 6.07) is 12.2. The van der Waals surface area contributed by atoms with Crippen LogP contribution < -0.4 is 4.90 Å². The van der Waals surface area contributed by atoms with Crippen molar-refractivity contribution in [3.63, 3.8) is 0 Å². The molecule has 1 aromatic heterocycles. The maximum Gasteiger partial charge on any atom is 0.321 e. The average Bonchev–Trinajstić information content (AvgIpc) is 3.16. The maximum atomic E-state index is 13.7. The van der Waals surface area contributed by atoms with E-state index < -0.39 is 17.9 Å². The van der Waals surface area contributed by atoms with Crippen molar-refractivity contribution in [2.75, 3.05) is 18.1 Å². The van der Waals surface area contributed by atoms with Gasteiger partial charge in [0, 0.05) is 6.54 Å². The first-order valence-electron chi connectivity index (χ1n) is 10.9. The number of halogens is 2. The molecule has 2 heterocycles. The Balaban J connectivity index is 1.95. The van der Waals surface area contributed by atoms with Gasteiger partial charge in [0.15, 0.2) is 5.92 Å². The Kier molecular flexibility index (Phi) is 6.72. The van der Waals surface area contributed by atoms with Crippen molar-refractivity contribution in [1.29, 1.82) is 0 Å². The molecule has 2 aromatic carbocycles. The van der Waals surface area contributed by atoms with Gasteiger partial charge in [-0.15, -0.1) is 0 Å². The first-order chi connectivity index (χ1) is 15.5. The quantitative estimate of drug-likeness (QED) is 0.252. The van der Waals surface area contributed by atoms with Crippen molar-refractivity contribution in [3.05, 3.63) is 58.1 Å². The van der Waals surface area contributed by atoms with Gasteiger partial charge in [0.1, 0.15) is 0 Å². The van der Waals surface area contributed by atoms with Gasteiger partial charge in [0.2, 0.25) is 11.9 Å². The molecule has 0 saturated heterocycles. The van der Waals surface area contributed by atoms with Crippen LogP contribution in [0.5, 0.6) is 0 Å². The van der Waals surface area contributed by atoms with Crippen LogP contribution in [0.3, 0.4) is 0 Å². The number of carbonyl (C=O) groups is 2. The predicted molar refractivity (Wildman–Crippen MR) is 126 cm³/mol. The summed E-state index contributed by atoms with van der Waals surface area (Å²) >= 11 is 12.5. The minimum absolute atomic E-state index is 0.185. The maximum absolute atomic E-state index is 13.7. The number of nitrogens with zero attached hydrogens (tertiary/aromatic N) is 3. The van der Waals surface area contributed by atoms with E-state index in [0.717, 1.165) is 30.3 Å².